The van der Waals surface area contributed by atoms with Gasteiger partial charge in [0, 0.05) is 6.42 Å². The van der Waals surface area contributed by atoms with E-state index in [4.69, 9.17) is 4.74 Å². The first-order valence-electron chi connectivity index (χ1n) is 8.76. The van der Waals surface area contributed by atoms with Gasteiger partial charge in [0.05, 0.1) is 6.61 Å². The molecule has 0 aliphatic rings. The molecule has 0 N–H and O–H groups in total. The summed E-state index contributed by atoms with van der Waals surface area (Å²) in [6.45, 7) is 6.34. The standard InChI is InChI=1S/C18H35O2/c1-3-5-6-7-8-9-10-11-12-13-14-15-16-17-20-18(19)4-2/h2-17H2,1H3. The van der Waals surface area contributed by atoms with Gasteiger partial charge in [-0.2, -0.15) is 0 Å². The molecule has 0 bridgehead atoms. The van der Waals surface area contributed by atoms with E-state index in [-0.39, 0.29) is 12.4 Å². The summed E-state index contributed by atoms with van der Waals surface area (Å²) in [5, 5.41) is 0. The third kappa shape index (κ3) is 15.5. The fourth-order valence-electron chi connectivity index (χ4n) is 2.38. The topological polar surface area (TPSA) is 26.3 Å². The van der Waals surface area contributed by atoms with Crippen molar-refractivity contribution in [2.75, 3.05) is 6.61 Å². The highest BCUT2D eigenvalue weighted by Gasteiger charge is 1.97. The molecule has 0 saturated heterocycles. The molecule has 20 heavy (non-hydrogen) atoms. The molecule has 0 spiro atoms. The summed E-state index contributed by atoms with van der Waals surface area (Å²) >= 11 is 0. The first-order valence-corrected chi connectivity index (χ1v) is 8.76. The lowest BCUT2D eigenvalue weighted by Crippen LogP contribution is -2.03. The Kier molecular flexibility index (Phi) is 16.1. The number of rotatable bonds is 15. The summed E-state index contributed by atoms with van der Waals surface area (Å²) in [6, 6.07) is 0. The molecule has 0 aromatic carbocycles. The lowest BCUT2D eigenvalue weighted by Gasteiger charge is -2.04. The molecule has 0 atom stereocenters. The van der Waals surface area contributed by atoms with Crippen LogP contribution in [0.1, 0.15) is 96.8 Å². The largest absolute Gasteiger partial charge is 0.466 e. The van der Waals surface area contributed by atoms with Crippen LogP contribution in [0.5, 0.6) is 0 Å². The van der Waals surface area contributed by atoms with Crippen molar-refractivity contribution in [3.05, 3.63) is 6.92 Å². The zero-order valence-corrected chi connectivity index (χ0v) is 13.6. The third-order valence-electron chi connectivity index (χ3n) is 3.72. The van der Waals surface area contributed by atoms with Gasteiger partial charge in [-0.05, 0) is 13.3 Å². The van der Waals surface area contributed by atoms with Crippen molar-refractivity contribution in [3.8, 4) is 0 Å². The van der Waals surface area contributed by atoms with Crippen molar-refractivity contribution in [2.45, 2.75) is 96.8 Å². The lowest BCUT2D eigenvalue weighted by molar-refractivity contribution is -0.142. The number of carbonyl (C=O) groups is 1. The van der Waals surface area contributed by atoms with Gasteiger partial charge in [-0.3, -0.25) is 4.79 Å². The Bertz CT molecular complexity index is 202. The molecule has 0 heterocycles. The van der Waals surface area contributed by atoms with Gasteiger partial charge in [0.1, 0.15) is 0 Å². The van der Waals surface area contributed by atoms with E-state index in [1.54, 1.807) is 0 Å². The first-order chi connectivity index (χ1) is 9.81. The van der Waals surface area contributed by atoms with Gasteiger partial charge in [-0.15, -0.1) is 0 Å². The van der Waals surface area contributed by atoms with Gasteiger partial charge in [0.25, 0.3) is 0 Å². The van der Waals surface area contributed by atoms with Crippen molar-refractivity contribution in [1.82, 2.24) is 0 Å². The van der Waals surface area contributed by atoms with E-state index in [2.05, 4.69) is 13.8 Å². The Morgan fingerprint density at radius 1 is 0.750 bits per heavy atom. The molecule has 0 aromatic rings. The van der Waals surface area contributed by atoms with Gasteiger partial charge in [0.15, 0.2) is 0 Å². The van der Waals surface area contributed by atoms with E-state index < -0.39 is 0 Å². The molecule has 0 aliphatic heterocycles. The third-order valence-corrected chi connectivity index (χ3v) is 3.72. The first kappa shape index (κ1) is 19.5. The Morgan fingerprint density at radius 3 is 1.55 bits per heavy atom. The SMILES string of the molecule is [CH2]CC(=O)OCCCCCCCCCCCCCCC. The number of ether oxygens (including phenoxy) is 1. The fourth-order valence-corrected chi connectivity index (χ4v) is 2.38. The molecule has 0 aromatic heterocycles. The second kappa shape index (κ2) is 16.5. The monoisotopic (exact) mass is 283 g/mol. The van der Waals surface area contributed by atoms with E-state index >= 15 is 0 Å². The summed E-state index contributed by atoms with van der Waals surface area (Å²) in [5.74, 6) is -0.177. The number of carbonyl (C=O) groups excluding carboxylic acids is 1. The Balaban J connectivity index is 2.97. The molecule has 2 nitrogen and oxygen atoms in total. The van der Waals surface area contributed by atoms with Crippen LogP contribution in [0.4, 0.5) is 0 Å². The van der Waals surface area contributed by atoms with Crippen molar-refractivity contribution in [3.63, 3.8) is 0 Å². The van der Waals surface area contributed by atoms with E-state index in [1.807, 2.05) is 0 Å². The zero-order chi connectivity index (χ0) is 14.9. The zero-order valence-electron chi connectivity index (χ0n) is 13.6. The van der Waals surface area contributed by atoms with Crippen LogP contribution in [0, 0.1) is 6.92 Å². The van der Waals surface area contributed by atoms with E-state index in [1.165, 1.54) is 77.0 Å². The number of hydrogen-bond acceptors (Lipinski definition) is 2. The maximum Gasteiger partial charge on any atom is 0.305 e. The Hall–Kier alpha value is -0.530. The van der Waals surface area contributed by atoms with Gasteiger partial charge in [-0.1, -0.05) is 84.0 Å². The summed E-state index contributed by atoms with van der Waals surface area (Å²) in [6.07, 6.45) is 17.7. The van der Waals surface area contributed by atoms with E-state index in [0.717, 1.165) is 6.42 Å². The van der Waals surface area contributed by atoms with Crippen LogP contribution >= 0.6 is 0 Å². The van der Waals surface area contributed by atoms with Crippen molar-refractivity contribution >= 4 is 5.97 Å². The number of esters is 1. The van der Waals surface area contributed by atoms with E-state index in [9.17, 15) is 4.79 Å². The molecule has 0 unspecified atom stereocenters. The maximum atomic E-state index is 10.8. The molecule has 1 radical (unpaired) electrons. The highest BCUT2D eigenvalue weighted by molar-refractivity contribution is 5.69. The summed E-state index contributed by atoms with van der Waals surface area (Å²) < 4.78 is 4.99. The average Bonchev–Trinajstić information content (AvgIpc) is 2.47. The predicted molar refractivity (Wildman–Crippen MR) is 86.6 cm³/mol. The van der Waals surface area contributed by atoms with Gasteiger partial charge >= 0.3 is 5.97 Å². The van der Waals surface area contributed by atoms with Crippen LogP contribution in [-0.4, -0.2) is 12.6 Å². The minimum absolute atomic E-state index is 0.177. The Morgan fingerprint density at radius 2 is 1.15 bits per heavy atom. The van der Waals surface area contributed by atoms with Crippen LogP contribution in [0.25, 0.3) is 0 Å². The molecule has 0 rings (SSSR count). The molecule has 2 heteroatoms. The maximum absolute atomic E-state index is 10.8. The van der Waals surface area contributed by atoms with Crippen molar-refractivity contribution < 1.29 is 9.53 Å². The smallest absolute Gasteiger partial charge is 0.305 e. The van der Waals surface area contributed by atoms with Crippen LogP contribution < -0.4 is 0 Å². The second-order valence-corrected chi connectivity index (χ2v) is 5.71. The van der Waals surface area contributed by atoms with Gasteiger partial charge < -0.3 is 4.74 Å². The fraction of sp³-hybridized carbons (Fsp3) is 0.889. The quantitative estimate of drug-likeness (QED) is 0.278. The second-order valence-electron chi connectivity index (χ2n) is 5.71. The van der Waals surface area contributed by atoms with Gasteiger partial charge in [-0.25, -0.2) is 0 Å². The number of hydrogen-bond donors (Lipinski definition) is 0. The van der Waals surface area contributed by atoms with Crippen LogP contribution in [0.3, 0.4) is 0 Å². The van der Waals surface area contributed by atoms with E-state index in [0.29, 0.717) is 6.61 Å². The summed E-state index contributed by atoms with van der Waals surface area (Å²) in [5.41, 5.74) is 0. The molecule has 0 amide bonds. The molecule has 0 fully saturated rings. The van der Waals surface area contributed by atoms with Crippen LogP contribution in [-0.2, 0) is 9.53 Å². The minimum atomic E-state index is -0.177. The van der Waals surface area contributed by atoms with Crippen molar-refractivity contribution in [2.24, 2.45) is 0 Å². The van der Waals surface area contributed by atoms with Gasteiger partial charge in [0.2, 0.25) is 0 Å². The highest BCUT2D eigenvalue weighted by Crippen LogP contribution is 2.12. The molecular formula is C18H35O2. The molecule has 0 saturated carbocycles. The highest BCUT2D eigenvalue weighted by atomic mass is 16.5. The minimum Gasteiger partial charge on any atom is -0.466 e. The normalized spacial score (nSPS) is 10.7. The van der Waals surface area contributed by atoms with Crippen LogP contribution in [0.2, 0.25) is 0 Å². The number of unbranched alkanes of at least 4 members (excludes halogenated alkanes) is 12. The predicted octanol–water partition coefficient (Wildman–Crippen LogP) is 5.84. The molecule has 0 aliphatic carbocycles. The summed E-state index contributed by atoms with van der Waals surface area (Å²) in [4.78, 5) is 10.8. The Labute approximate surface area is 126 Å². The summed E-state index contributed by atoms with van der Waals surface area (Å²) in [7, 11) is 0. The average molecular weight is 283 g/mol. The molecule has 119 valence electrons. The molecular weight excluding hydrogens is 248 g/mol. The van der Waals surface area contributed by atoms with Crippen LogP contribution in [0.15, 0.2) is 0 Å². The lowest BCUT2D eigenvalue weighted by atomic mass is 10.0. The van der Waals surface area contributed by atoms with Crippen molar-refractivity contribution in [1.29, 1.82) is 0 Å².